The molecular formula is C25H23N5OS2. The third kappa shape index (κ3) is 4.67. The number of thioether (sulfide) groups is 2. The van der Waals surface area contributed by atoms with Crippen molar-refractivity contribution in [3.63, 3.8) is 0 Å². The van der Waals surface area contributed by atoms with E-state index in [2.05, 4.69) is 28.2 Å². The van der Waals surface area contributed by atoms with E-state index in [-0.39, 0.29) is 11.7 Å². The van der Waals surface area contributed by atoms with E-state index < -0.39 is 0 Å². The topological polar surface area (TPSA) is 63.9 Å². The van der Waals surface area contributed by atoms with E-state index in [1.165, 1.54) is 11.8 Å². The molecule has 3 heterocycles. The lowest BCUT2D eigenvalue weighted by molar-refractivity contribution is -0.116. The van der Waals surface area contributed by atoms with Crippen LogP contribution >= 0.6 is 23.5 Å². The molecule has 2 aromatic heterocycles. The van der Waals surface area contributed by atoms with Crippen LogP contribution in [0.4, 0.5) is 5.69 Å². The number of carbonyl (C=O) groups is 1. The molecule has 2 aromatic carbocycles. The summed E-state index contributed by atoms with van der Waals surface area (Å²) >= 11 is 3.25. The molecule has 0 fully saturated rings. The molecule has 1 atom stereocenters. The highest BCUT2D eigenvalue weighted by atomic mass is 32.2. The van der Waals surface area contributed by atoms with Crippen molar-refractivity contribution in [2.75, 3.05) is 17.2 Å². The van der Waals surface area contributed by atoms with Crippen molar-refractivity contribution in [3.05, 3.63) is 79.1 Å². The maximum absolute atomic E-state index is 13.3. The van der Waals surface area contributed by atoms with Crippen LogP contribution in [0.3, 0.4) is 0 Å². The number of aromatic nitrogens is 4. The Hall–Kier alpha value is -3.10. The number of fused-ring (bicyclic) bond motifs is 1. The van der Waals surface area contributed by atoms with Crippen LogP contribution in [-0.2, 0) is 4.79 Å². The molecule has 166 valence electrons. The predicted octanol–water partition coefficient (Wildman–Crippen LogP) is 5.34. The summed E-state index contributed by atoms with van der Waals surface area (Å²) in [6.45, 7) is 2.93. The van der Waals surface area contributed by atoms with Crippen LogP contribution in [0.25, 0.3) is 17.1 Å². The van der Waals surface area contributed by atoms with Gasteiger partial charge in [-0.05, 0) is 42.8 Å². The molecule has 33 heavy (non-hydrogen) atoms. The normalized spacial score (nSPS) is 15.7. The third-order valence-electron chi connectivity index (χ3n) is 5.44. The molecule has 4 aromatic rings. The van der Waals surface area contributed by atoms with Gasteiger partial charge in [0.1, 0.15) is 0 Å². The van der Waals surface area contributed by atoms with Crippen LogP contribution in [0.2, 0.25) is 0 Å². The van der Waals surface area contributed by atoms with E-state index in [4.69, 9.17) is 0 Å². The number of carbonyl (C=O) groups excluding carboxylic acids is 1. The maximum Gasteiger partial charge on any atom is 0.237 e. The first-order valence-electron chi connectivity index (χ1n) is 10.8. The summed E-state index contributed by atoms with van der Waals surface area (Å²) in [5, 5.41) is 10.0. The molecule has 1 aliphatic heterocycles. The van der Waals surface area contributed by atoms with Crippen LogP contribution in [0.5, 0.6) is 0 Å². The Labute approximate surface area is 201 Å². The number of hydrogen-bond acceptors (Lipinski definition) is 6. The lowest BCUT2D eigenvalue weighted by atomic mass is 10.2. The second kappa shape index (κ2) is 9.80. The lowest BCUT2D eigenvalue weighted by Gasteiger charge is -2.22. The number of hydrogen-bond donors (Lipinski definition) is 0. The summed E-state index contributed by atoms with van der Waals surface area (Å²) in [7, 11) is 0. The van der Waals surface area contributed by atoms with Crippen LogP contribution < -0.4 is 4.90 Å². The highest BCUT2D eigenvalue weighted by Gasteiger charge is 2.25. The summed E-state index contributed by atoms with van der Waals surface area (Å²) in [6, 6.07) is 22.0. The van der Waals surface area contributed by atoms with Crippen molar-refractivity contribution in [2.45, 2.75) is 28.6 Å². The molecule has 0 unspecified atom stereocenters. The third-order valence-corrected chi connectivity index (χ3v) is 7.59. The van der Waals surface area contributed by atoms with Crippen LogP contribution in [0.1, 0.15) is 13.3 Å². The number of para-hydroxylation sites is 2. The van der Waals surface area contributed by atoms with Gasteiger partial charge in [-0.25, -0.2) is 0 Å². The van der Waals surface area contributed by atoms with Crippen molar-refractivity contribution in [1.29, 1.82) is 0 Å². The Morgan fingerprint density at radius 3 is 2.70 bits per heavy atom. The van der Waals surface area contributed by atoms with Gasteiger partial charge in [0.2, 0.25) is 5.91 Å². The van der Waals surface area contributed by atoms with Crippen molar-refractivity contribution >= 4 is 35.1 Å². The van der Waals surface area contributed by atoms with Gasteiger partial charge in [0, 0.05) is 40.3 Å². The maximum atomic E-state index is 13.3. The molecule has 8 heteroatoms. The van der Waals surface area contributed by atoms with Crippen LogP contribution in [-0.4, -0.2) is 43.2 Å². The first-order valence-corrected chi connectivity index (χ1v) is 12.7. The van der Waals surface area contributed by atoms with Gasteiger partial charge < -0.3 is 4.90 Å². The second-order valence-corrected chi connectivity index (χ2v) is 10.2. The Balaban J connectivity index is 1.43. The number of amides is 1. The predicted molar refractivity (Wildman–Crippen MR) is 134 cm³/mol. The average Bonchev–Trinajstić information content (AvgIpc) is 3.20. The van der Waals surface area contributed by atoms with E-state index in [9.17, 15) is 4.79 Å². The summed E-state index contributed by atoms with van der Waals surface area (Å²) in [5.74, 6) is 1.06. The SMILES string of the molecule is C[C@H]1CCN(C(=O)CSc2nnc(-c3cccnc3)n2-c2ccccc2)c2ccccc2S1. The standard InChI is InChI=1S/C25H23N5OS2/c1-18-13-15-29(21-11-5-6-12-22(21)33-18)23(31)17-32-25-28-27-24(19-8-7-14-26-16-19)30(25)20-9-3-2-4-10-20/h2-12,14,16,18H,13,15,17H2,1H3/t18-/m0/s1. The molecule has 0 bridgehead atoms. The lowest BCUT2D eigenvalue weighted by Crippen LogP contribution is -2.33. The van der Waals surface area contributed by atoms with Gasteiger partial charge in [-0.1, -0.05) is 49.0 Å². The van der Waals surface area contributed by atoms with E-state index in [0.29, 0.717) is 16.2 Å². The largest absolute Gasteiger partial charge is 0.311 e. The highest BCUT2D eigenvalue weighted by Crippen LogP contribution is 2.38. The molecule has 0 N–H and O–H groups in total. The molecule has 1 amide bonds. The Morgan fingerprint density at radius 1 is 1.06 bits per heavy atom. The van der Waals surface area contributed by atoms with Gasteiger partial charge in [0.05, 0.1) is 11.4 Å². The van der Waals surface area contributed by atoms with Crippen LogP contribution in [0.15, 0.2) is 89.2 Å². The Bertz CT molecular complexity index is 1250. The molecule has 0 spiro atoms. The van der Waals surface area contributed by atoms with Crippen molar-refractivity contribution < 1.29 is 4.79 Å². The number of rotatable bonds is 5. The van der Waals surface area contributed by atoms with Gasteiger partial charge in [-0.3, -0.25) is 14.3 Å². The molecule has 0 aliphatic carbocycles. The Morgan fingerprint density at radius 2 is 1.88 bits per heavy atom. The zero-order chi connectivity index (χ0) is 22.6. The molecule has 1 aliphatic rings. The molecule has 6 nitrogen and oxygen atoms in total. The molecule has 0 radical (unpaired) electrons. The monoisotopic (exact) mass is 473 g/mol. The van der Waals surface area contributed by atoms with Gasteiger partial charge in [-0.15, -0.1) is 22.0 Å². The van der Waals surface area contributed by atoms with E-state index in [1.807, 2.05) is 81.9 Å². The summed E-state index contributed by atoms with van der Waals surface area (Å²) < 4.78 is 1.99. The highest BCUT2D eigenvalue weighted by molar-refractivity contribution is 8.00. The smallest absolute Gasteiger partial charge is 0.237 e. The number of pyridine rings is 1. The van der Waals surface area contributed by atoms with E-state index >= 15 is 0 Å². The number of anilines is 1. The minimum absolute atomic E-state index is 0.0766. The zero-order valence-electron chi connectivity index (χ0n) is 18.2. The average molecular weight is 474 g/mol. The summed E-state index contributed by atoms with van der Waals surface area (Å²) in [5.41, 5.74) is 2.82. The van der Waals surface area contributed by atoms with E-state index in [1.54, 1.807) is 12.4 Å². The zero-order valence-corrected chi connectivity index (χ0v) is 19.8. The van der Waals surface area contributed by atoms with Crippen LogP contribution in [0, 0.1) is 0 Å². The quantitative estimate of drug-likeness (QED) is 0.365. The van der Waals surface area contributed by atoms with Crippen molar-refractivity contribution in [2.24, 2.45) is 0 Å². The van der Waals surface area contributed by atoms with Gasteiger partial charge in [-0.2, -0.15) is 0 Å². The molecular weight excluding hydrogens is 450 g/mol. The Kier molecular flexibility index (Phi) is 6.46. The fourth-order valence-corrected chi connectivity index (χ4v) is 5.75. The first-order chi connectivity index (χ1) is 16.2. The van der Waals surface area contributed by atoms with Gasteiger partial charge >= 0.3 is 0 Å². The van der Waals surface area contributed by atoms with Crippen molar-refractivity contribution in [1.82, 2.24) is 19.7 Å². The fraction of sp³-hybridized carbons (Fsp3) is 0.200. The van der Waals surface area contributed by atoms with Crippen molar-refractivity contribution in [3.8, 4) is 17.1 Å². The van der Waals surface area contributed by atoms with E-state index in [0.717, 1.165) is 34.8 Å². The van der Waals surface area contributed by atoms with Gasteiger partial charge in [0.15, 0.2) is 11.0 Å². The number of nitrogens with zero attached hydrogens (tertiary/aromatic N) is 5. The summed E-state index contributed by atoms with van der Waals surface area (Å²) in [6.07, 6.45) is 4.47. The minimum Gasteiger partial charge on any atom is -0.311 e. The minimum atomic E-state index is 0.0766. The number of benzene rings is 2. The fourth-order valence-electron chi connectivity index (χ4n) is 3.81. The summed E-state index contributed by atoms with van der Waals surface area (Å²) in [4.78, 5) is 20.7. The van der Waals surface area contributed by atoms with Gasteiger partial charge in [0.25, 0.3) is 0 Å². The second-order valence-electron chi connectivity index (χ2n) is 7.74. The first kappa shape index (κ1) is 21.7. The molecule has 0 saturated carbocycles. The molecule has 0 saturated heterocycles. The molecule has 5 rings (SSSR count).